The van der Waals surface area contributed by atoms with Crippen molar-refractivity contribution in [3.63, 3.8) is 0 Å². The van der Waals surface area contributed by atoms with Gasteiger partial charge in [-0.2, -0.15) is 13.2 Å². The smallest absolute Gasteiger partial charge is 0.317 e. The van der Waals surface area contributed by atoms with Crippen molar-refractivity contribution in [2.75, 3.05) is 18.4 Å². The number of piperidine rings is 1. The number of carbonyl (C=O) groups excluding carboxylic acids is 3. The molecule has 0 radical (unpaired) electrons. The summed E-state index contributed by atoms with van der Waals surface area (Å²) >= 11 is 6.57. The van der Waals surface area contributed by atoms with Crippen molar-refractivity contribution in [1.82, 2.24) is 25.3 Å². The number of carbonyl (C=O) groups is 3. The zero-order chi connectivity index (χ0) is 28.2. The number of aromatic nitrogens is 4. The maximum Gasteiger partial charge on any atom is 0.418 e. The van der Waals surface area contributed by atoms with Crippen LogP contribution in [0.5, 0.6) is 0 Å². The third kappa shape index (κ3) is 7.43. The summed E-state index contributed by atoms with van der Waals surface area (Å²) in [7, 11) is 0. The van der Waals surface area contributed by atoms with Crippen LogP contribution in [0.15, 0.2) is 30.9 Å². The van der Waals surface area contributed by atoms with Gasteiger partial charge in [0.15, 0.2) is 11.6 Å². The minimum Gasteiger partial charge on any atom is -0.317 e. The van der Waals surface area contributed by atoms with Crippen LogP contribution in [0.3, 0.4) is 0 Å². The molecule has 0 saturated carbocycles. The highest BCUT2D eigenvalue weighted by Gasteiger charge is 2.34. The third-order valence-electron chi connectivity index (χ3n) is 6.23. The van der Waals surface area contributed by atoms with Crippen molar-refractivity contribution < 1.29 is 27.6 Å². The van der Waals surface area contributed by atoms with Crippen LogP contribution >= 0.6 is 22.9 Å². The van der Waals surface area contributed by atoms with Gasteiger partial charge in [-0.3, -0.25) is 14.4 Å². The molecule has 14 heteroatoms. The number of amides is 1. The monoisotopic (exact) mass is 580 g/mol. The van der Waals surface area contributed by atoms with E-state index >= 15 is 0 Å². The number of halogens is 4. The van der Waals surface area contributed by atoms with Gasteiger partial charge in [-0.05, 0) is 44.0 Å². The van der Waals surface area contributed by atoms with Crippen molar-refractivity contribution in [3.05, 3.63) is 62.7 Å². The van der Waals surface area contributed by atoms with E-state index in [1.807, 2.05) is 0 Å². The molecule has 1 amide bonds. The number of nitrogens with one attached hydrogen (secondary N) is 2. The Hall–Kier alpha value is -3.29. The highest BCUT2D eigenvalue weighted by molar-refractivity contribution is 7.13. The van der Waals surface area contributed by atoms with E-state index in [0.717, 1.165) is 43.5 Å². The highest BCUT2D eigenvalue weighted by atomic mass is 35.5. The zero-order valence-corrected chi connectivity index (χ0v) is 22.3. The molecule has 3 aromatic heterocycles. The second-order valence-corrected chi connectivity index (χ2v) is 10.7. The van der Waals surface area contributed by atoms with Crippen LogP contribution < -0.4 is 10.6 Å². The summed E-state index contributed by atoms with van der Waals surface area (Å²) in [6.45, 7) is 3.50. The van der Waals surface area contributed by atoms with Crippen molar-refractivity contribution >= 4 is 46.2 Å². The van der Waals surface area contributed by atoms with Gasteiger partial charge in [-0.15, -0.1) is 11.3 Å². The summed E-state index contributed by atoms with van der Waals surface area (Å²) < 4.78 is 39.2. The molecule has 1 saturated heterocycles. The topological polar surface area (TPSA) is 127 Å². The average Bonchev–Trinajstić information content (AvgIpc) is 3.41. The lowest BCUT2D eigenvalue weighted by Crippen LogP contribution is -2.29. The van der Waals surface area contributed by atoms with Crippen LogP contribution in [0.2, 0.25) is 5.02 Å². The van der Waals surface area contributed by atoms with E-state index in [4.69, 9.17) is 11.6 Å². The van der Waals surface area contributed by atoms with E-state index in [9.17, 15) is 27.6 Å². The normalized spacial score (nSPS) is 15.1. The molecule has 0 spiro atoms. The zero-order valence-electron chi connectivity index (χ0n) is 20.7. The van der Waals surface area contributed by atoms with Crippen LogP contribution in [0, 0.1) is 5.92 Å². The van der Waals surface area contributed by atoms with Gasteiger partial charge in [0.2, 0.25) is 0 Å². The van der Waals surface area contributed by atoms with Gasteiger partial charge < -0.3 is 10.6 Å². The molecule has 1 aliphatic heterocycles. The SMILES string of the molecule is CC(CC(=O)c1cc(C(=O)CC2CCNCC2)ncn1)c1ncc(C(=O)Nc2cc(C(F)(F)F)c(Cl)cn2)s1. The lowest BCUT2D eigenvalue weighted by atomic mass is 9.91. The number of anilines is 1. The Balaban J connectivity index is 1.37. The van der Waals surface area contributed by atoms with Crippen LogP contribution in [0.1, 0.15) is 79.7 Å². The second kappa shape index (κ2) is 12.3. The van der Waals surface area contributed by atoms with Gasteiger partial charge in [-0.1, -0.05) is 18.5 Å². The molecule has 2 N–H and O–H groups in total. The molecular weight excluding hydrogens is 557 g/mol. The molecule has 39 heavy (non-hydrogen) atoms. The van der Waals surface area contributed by atoms with Gasteiger partial charge in [0, 0.05) is 25.0 Å². The molecule has 0 aromatic carbocycles. The molecule has 3 aromatic rings. The number of alkyl halides is 3. The molecule has 1 atom stereocenters. The molecule has 0 bridgehead atoms. The van der Waals surface area contributed by atoms with Gasteiger partial charge in [0.25, 0.3) is 5.91 Å². The van der Waals surface area contributed by atoms with E-state index in [-0.39, 0.29) is 46.0 Å². The number of rotatable bonds is 9. The standard InChI is InChI=1S/C25H24ClF3N6O3S/c1-13(6-19(36)17-9-18(34-12-33-17)20(37)7-14-2-4-30-5-3-14)24-32-11-21(39-24)23(38)35-22-8-15(25(27,28)29)16(26)10-31-22/h8-14,30H,2-7H2,1H3,(H,31,35,38). The quantitative estimate of drug-likeness (QED) is 0.331. The van der Waals surface area contributed by atoms with Crippen molar-refractivity contribution in [2.24, 2.45) is 5.92 Å². The van der Waals surface area contributed by atoms with Gasteiger partial charge >= 0.3 is 6.18 Å². The van der Waals surface area contributed by atoms with E-state index in [1.165, 1.54) is 18.6 Å². The summed E-state index contributed by atoms with van der Waals surface area (Å²) in [5.41, 5.74) is -0.793. The molecule has 0 aliphatic carbocycles. The molecular formula is C25H24ClF3N6O3S. The van der Waals surface area contributed by atoms with Gasteiger partial charge in [0.1, 0.15) is 28.4 Å². The predicted octanol–water partition coefficient (Wildman–Crippen LogP) is 5.20. The number of Topliss-reactive ketones (excluding diaryl/α,β-unsaturated/α-hetero) is 2. The second-order valence-electron chi connectivity index (χ2n) is 9.20. The number of pyridine rings is 1. The van der Waals surface area contributed by atoms with Crippen molar-refractivity contribution in [3.8, 4) is 0 Å². The summed E-state index contributed by atoms with van der Waals surface area (Å²) in [5, 5.41) is 5.46. The molecule has 1 aliphatic rings. The lowest BCUT2D eigenvalue weighted by molar-refractivity contribution is -0.137. The van der Waals surface area contributed by atoms with Crippen LogP contribution in [-0.2, 0) is 6.18 Å². The summed E-state index contributed by atoms with van der Waals surface area (Å²) in [5.74, 6) is -1.56. The predicted molar refractivity (Wildman–Crippen MR) is 138 cm³/mol. The van der Waals surface area contributed by atoms with Gasteiger partial charge in [0.05, 0.1) is 21.8 Å². The van der Waals surface area contributed by atoms with Gasteiger partial charge in [-0.25, -0.2) is 19.9 Å². The Labute approximate surface area is 230 Å². The first-order valence-corrected chi connectivity index (χ1v) is 13.3. The van der Waals surface area contributed by atoms with Crippen LogP contribution in [0.25, 0.3) is 0 Å². The Morgan fingerprint density at radius 1 is 1.08 bits per heavy atom. The first-order valence-electron chi connectivity index (χ1n) is 12.1. The number of ketones is 2. The fourth-order valence-corrected chi connectivity index (χ4v) is 5.18. The van der Waals surface area contributed by atoms with E-state index < -0.39 is 28.6 Å². The fourth-order valence-electron chi connectivity index (χ4n) is 4.11. The molecule has 1 unspecified atom stereocenters. The summed E-state index contributed by atoms with van der Waals surface area (Å²) in [4.78, 5) is 54.3. The maximum atomic E-state index is 13.1. The lowest BCUT2D eigenvalue weighted by Gasteiger charge is -2.21. The average molecular weight is 581 g/mol. The third-order valence-corrected chi connectivity index (χ3v) is 7.76. The first kappa shape index (κ1) is 28.7. The van der Waals surface area contributed by atoms with Crippen molar-refractivity contribution in [1.29, 1.82) is 0 Å². The Morgan fingerprint density at radius 2 is 1.77 bits per heavy atom. The highest BCUT2D eigenvalue weighted by Crippen LogP contribution is 2.35. The van der Waals surface area contributed by atoms with E-state index in [1.54, 1.807) is 6.92 Å². The summed E-state index contributed by atoms with van der Waals surface area (Å²) in [6, 6.07) is 2.06. The minimum atomic E-state index is -4.70. The van der Waals surface area contributed by atoms with Crippen LogP contribution in [0.4, 0.5) is 19.0 Å². The Bertz CT molecular complexity index is 1380. The molecule has 206 valence electrons. The number of hydrogen-bond acceptors (Lipinski definition) is 9. The Morgan fingerprint density at radius 3 is 2.46 bits per heavy atom. The molecule has 4 heterocycles. The van der Waals surface area contributed by atoms with Crippen molar-refractivity contribution in [2.45, 2.75) is 44.7 Å². The Kier molecular flexibility index (Phi) is 9.03. The number of thiazole rings is 1. The van der Waals surface area contributed by atoms with E-state index in [0.29, 0.717) is 17.5 Å². The number of nitrogens with zero attached hydrogens (tertiary/aromatic N) is 4. The molecule has 1 fully saturated rings. The molecule has 4 rings (SSSR count). The fraction of sp³-hybridized carbons (Fsp3) is 0.400. The molecule has 9 nitrogen and oxygen atoms in total. The summed E-state index contributed by atoms with van der Waals surface area (Å²) in [6.07, 6.45) is 0.803. The first-order chi connectivity index (χ1) is 18.5. The van der Waals surface area contributed by atoms with E-state index in [2.05, 4.69) is 30.6 Å². The minimum absolute atomic E-state index is 0.0151. The largest absolute Gasteiger partial charge is 0.418 e. The van der Waals surface area contributed by atoms with Crippen LogP contribution in [-0.4, -0.2) is 50.5 Å². The number of hydrogen-bond donors (Lipinski definition) is 2. The maximum absolute atomic E-state index is 13.1.